The first-order chi connectivity index (χ1) is 12.3. The Kier molecular flexibility index (Phi) is 6.80. The van der Waals surface area contributed by atoms with Gasteiger partial charge in [-0.05, 0) is 24.5 Å². The number of carbonyl (C=O) groups excluding carboxylic acids is 2. The maximum absolute atomic E-state index is 13.8. The predicted molar refractivity (Wildman–Crippen MR) is 105 cm³/mol. The number of hydrogen-bond acceptors (Lipinski definition) is 4. The predicted octanol–water partition coefficient (Wildman–Crippen LogP) is 4.68. The molecule has 6 heteroatoms. The van der Waals surface area contributed by atoms with Crippen molar-refractivity contribution in [3.63, 3.8) is 0 Å². The maximum atomic E-state index is 13.8. The second kappa shape index (κ2) is 8.66. The van der Waals surface area contributed by atoms with Crippen LogP contribution < -0.4 is 5.30 Å². The number of benzene rings is 2. The minimum Gasteiger partial charge on any atom is -0.465 e. The minimum atomic E-state index is -3.75. The average molecular weight is 393 g/mol. The van der Waals surface area contributed by atoms with Gasteiger partial charge in [0.1, 0.15) is 6.16 Å². The van der Waals surface area contributed by atoms with Gasteiger partial charge in [0.2, 0.25) is 5.52 Å². The van der Waals surface area contributed by atoms with Crippen molar-refractivity contribution in [1.29, 1.82) is 0 Å². The number of hydrogen-bond donors (Lipinski definition) is 0. The zero-order valence-electron chi connectivity index (χ0n) is 15.1. The van der Waals surface area contributed by atoms with Gasteiger partial charge < -0.3 is 9.30 Å². The molecule has 2 rings (SSSR count). The smallest absolute Gasteiger partial charge is 0.314 e. The second-order valence-corrected chi connectivity index (χ2v) is 9.67. The average Bonchev–Trinajstić information content (AvgIpc) is 2.60. The van der Waals surface area contributed by atoms with E-state index in [2.05, 4.69) is 0 Å². The molecule has 0 fully saturated rings. The third-order valence-corrected chi connectivity index (χ3v) is 6.90. The molecule has 0 aliphatic carbocycles. The molecule has 1 unspecified atom stereocenters. The van der Waals surface area contributed by atoms with Gasteiger partial charge >= 0.3 is 5.97 Å². The summed E-state index contributed by atoms with van der Waals surface area (Å²) in [5.41, 5.74) is 0.195. The summed E-state index contributed by atoms with van der Waals surface area (Å²) in [5.74, 6) is -0.500. The van der Waals surface area contributed by atoms with Gasteiger partial charge in [-0.1, -0.05) is 67.9 Å². The van der Waals surface area contributed by atoms with Gasteiger partial charge in [0.05, 0.1) is 11.6 Å². The number of rotatable bonds is 7. The fraction of sp³-hybridized carbons (Fsp3) is 0.300. The van der Waals surface area contributed by atoms with Crippen molar-refractivity contribution in [3.05, 3.63) is 64.7 Å². The zero-order chi connectivity index (χ0) is 19.3. The lowest BCUT2D eigenvalue weighted by molar-refractivity contribution is -0.141. The molecule has 0 spiro atoms. The summed E-state index contributed by atoms with van der Waals surface area (Å²) >= 11 is 6.20. The van der Waals surface area contributed by atoms with Crippen molar-refractivity contribution in [1.82, 2.24) is 0 Å². The Morgan fingerprint density at radius 2 is 1.73 bits per heavy atom. The van der Waals surface area contributed by atoms with Crippen LogP contribution in [0.25, 0.3) is 0 Å². The summed E-state index contributed by atoms with van der Waals surface area (Å²) in [6.07, 6.45) is -0.479. The fourth-order valence-electron chi connectivity index (χ4n) is 2.52. The van der Waals surface area contributed by atoms with Crippen LogP contribution in [0.2, 0.25) is 5.02 Å². The summed E-state index contributed by atoms with van der Waals surface area (Å²) in [6.45, 7) is 5.75. The van der Waals surface area contributed by atoms with E-state index in [-0.39, 0.29) is 23.1 Å². The zero-order valence-corrected chi connectivity index (χ0v) is 16.7. The Balaban J connectivity index is 2.46. The van der Waals surface area contributed by atoms with Gasteiger partial charge in [-0.3, -0.25) is 9.59 Å². The van der Waals surface area contributed by atoms with E-state index in [1.54, 1.807) is 55.5 Å². The molecule has 0 amide bonds. The highest BCUT2D eigenvalue weighted by atomic mass is 35.5. The molecule has 4 nitrogen and oxygen atoms in total. The molecule has 0 N–H and O–H groups in total. The molecule has 0 saturated heterocycles. The van der Waals surface area contributed by atoms with Gasteiger partial charge in [-0.2, -0.15) is 0 Å². The molecule has 0 aliphatic heterocycles. The second-order valence-electron chi connectivity index (χ2n) is 6.55. The van der Waals surface area contributed by atoms with Gasteiger partial charge in [0.25, 0.3) is 0 Å². The van der Waals surface area contributed by atoms with E-state index >= 15 is 0 Å². The molecule has 26 heavy (non-hydrogen) atoms. The number of esters is 1. The van der Waals surface area contributed by atoms with E-state index in [1.165, 1.54) is 0 Å². The third kappa shape index (κ3) is 4.63. The normalized spacial score (nSPS) is 13.3. The van der Waals surface area contributed by atoms with E-state index in [0.717, 1.165) is 0 Å². The number of carbonyl (C=O) groups is 2. The van der Waals surface area contributed by atoms with Crippen molar-refractivity contribution in [3.8, 4) is 0 Å². The van der Waals surface area contributed by atoms with Crippen LogP contribution in [0.1, 0.15) is 29.8 Å². The minimum absolute atomic E-state index is 0.150. The molecule has 0 heterocycles. The first-order valence-electron chi connectivity index (χ1n) is 8.36. The number of ether oxygens (including phenoxy) is 1. The third-order valence-electron chi connectivity index (χ3n) is 3.87. The number of aryl methyl sites for hydroxylation is 1. The van der Waals surface area contributed by atoms with E-state index in [1.807, 2.05) is 13.8 Å². The van der Waals surface area contributed by atoms with E-state index < -0.39 is 24.8 Å². The molecule has 0 radical (unpaired) electrons. The Labute approximate surface area is 158 Å². The standard InChI is InChI=1S/C20H22ClO4P/c1-14(2)12-25-18(22)13-26(24,16-9-5-4-6-10-16)20(23)19-15(3)8-7-11-17(19)21/h4-11,14H,12-13H2,1-3H3. The van der Waals surface area contributed by atoms with Gasteiger partial charge in [-0.15, -0.1) is 0 Å². The lowest BCUT2D eigenvalue weighted by atomic mass is 10.1. The van der Waals surface area contributed by atoms with Crippen molar-refractivity contribution in [2.45, 2.75) is 20.8 Å². The quantitative estimate of drug-likeness (QED) is 0.507. The van der Waals surface area contributed by atoms with Crippen LogP contribution in [0.3, 0.4) is 0 Å². The monoisotopic (exact) mass is 392 g/mol. The SMILES string of the molecule is Cc1cccc(Cl)c1C(=O)P(=O)(CC(=O)OCC(C)C)c1ccccc1. The molecule has 1 atom stereocenters. The van der Waals surface area contributed by atoms with Gasteiger partial charge in [-0.25, -0.2) is 0 Å². The lowest BCUT2D eigenvalue weighted by Crippen LogP contribution is -2.23. The summed E-state index contributed by atoms with van der Waals surface area (Å²) in [7, 11) is -3.75. The van der Waals surface area contributed by atoms with Crippen molar-refractivity contribution >= 4 is 35.5 Å². The highest BCUT2D eigenvalue weighted by Gasteiger charge is 2.39. The van der Waals surface area contributed by atoms with Crippen molar-refractivity contribution in [2.24, 2.45) is 5.92 Å². The molecule has 138 valence electrons. The van der Waals surface area contributed by atoms with Crippen LogP contribution in [0, 0.1) is 12.8 Å². The van der Waals surface area contributed by atoms with Crippen LogP contribution in [-0.4, -0.2) is 24.3 Å². The summed E-state index contributed by atoms with van der Waals surface area (Å²) in [5, 5.41) is 0.549. The van der Waals surface area contributed by atoms with Crippen LogP contribution in [0.5, 0.6) is 0 Å². The summed E-state index contributed by atoms with van der Waals surface area (Å²) in [6, 6.07) is 13.4. The van der Waals surface area contributed by atoms with Crippen LogP contribution in [0.15, 0.2) is 48.5 Å². The van der Waals surface area contributed by atoms with Crippen molar-refractivity contribution in [2.75, 3.05) is 12.8 Å². The Bertz CT molecular complexity index is 826. The Morgan fingerprint density at radius 1 is 1.08 bits per heavy atom. The molecule has 2 aromatic carbocycles. The Morgan fingerprint density at radius 3 is 2.31 bits per heavy atom. The molecular formula is C20H22ClO4P. The maximum Gasteiger partial charge on any atom is 0.314 e. The molecule has 2 aromatic rings. The van der Waals surface area contributed by atoms with Gasteiger partial charge in [0.15, 0.2) is 7.14 Å². The summed E-state index contributed by atoms with van der Waals surface area (Å²) < 4.78 is 18.9. The Hall–Kier alpha value is -1.90. The topological polar surface area (TPSA) is 60.4 Å². The van der Waals surface area contributed by atoms with Crippen LogP contribution in [-0.2, 0) is 14.1 Å². The first-order valence-corrected chi connectivity index (χ1v) is 10.6. The highest BCUT2D eigenvalue weighted by molar-refractivity contribution is 7.88. The lowest BCUT2D eigenvalue weighted by Gasteiger charge is -2.19. The van der Waals surface area contributed by atoms with E-state index in [4.69, 9.17) is 16.3 Å². The van der Waals surface area contributed by atoms with E-state index in [0.29, 0.717) is 10.9 Å². The fourth-order valence-corrected chi connectivity index (χ4v) is 5.22. The van der Waals surface area contributed by atoms with Crippen LogP contribution >= 0.6 is 18.7 Å². The van der Waals surface area contributed by atoms with Crippen molar-refractivity contribution < 1.29 is 18.9 Å². The largest absolute Gasteiger partial charge is 0.465 e. The first kappa shape index (κ1) is 20.4. The molecule has 0 aromatic heterocycles. The van der Waals surface area contributed by atoms with E-state index in [9.17, 15) is 14.2 Å². The highest BCUT2D eigenvalue weighted by Crippen LogP contribution is 2.49. The summed E-state index contributed by atoms with van der Waals surface area (Å²) in [4.78, 5) is 25.5. The molecule has 0 bridgehead atoms. The van der Waals surface area contributed by atoms with Crippen LogP contribution in [0.4, 0.5) is 0 Å². The molecular weight excluding hydrogens is 371 g/mol. The molecule has 0 aliphatic rings. The number of halogens is 1. The van der Waals surface area contributed by atoms with Gasteiger partial charge in [0, 0.05) is 10.9 Å². The molecule has 0 saturated carbocycles.